The van der Waals surface area contributed by atoms with E-state index in [4.69, 9.17) is 21.1 Å². The molecular formula is C13H12ClNO2. The molecular weight excluding hydrogens is 238 g/mol. The Kier molecular flexibility index (Phi) is 3.49. The first kappa shape index (κ1) is 11.7. The van der Waals surface area contributed by atoms with Gasteiger partial charge in [0.15, 0.2) is 0 Å². The summed E-state index contributed by atoms with van der Waals surface area (Å²) in [7, 11) is 3.23. The number of methoxy groups -OCH3 is 2. The van der Waals surface area contributed by atoms with Gasteiger partial charge in [0.2, 0.25) is 0 Å². The van der Waals surface area contributed by atoms with E-state index in [1.54, 1.807) is 20.3 Å². The van der Waals surface area contributed by atoms with Crippen LogP contribution in [-0.2, 0) is 0 Å². The van der Waals surface area contributed by atoms with Crippen LogP contribution < -0.4 is 9.47 Å². The second-order valence-electron chi connectivity index (χ2n) is 3.45. The topological polar surface area (TPSA) is 31.4 Å². The molecule has 0 saturated heterocycles. The first-order valence-electron chi connectivity index (χ1n) is 5.09. The third kappa shape index (κ3) is 2.68. The number of hydrogen-bond acceptors (Lipinski definition) is 3. The maximum Gasteiger partial charge on any atom is 0.129 e. The summed E-state index contributed by atoms with van der Waals surface area (Å²) in [5.74, 6) is 1.45. The van der Waals surface area contributed by atoms with Gasteiger partial charge in [0.25, 0.3) is 0 Å². The Morgan fingerprint density at radius 1 is 1.00 bits per heavy atom. The fourth-order valence-corrected chi connectivity index (χ4v) is 1.69. The average Bonchev–Trinajstić information content (AvgIpc) is 2.38. The van der Waals surface area contributed by atoms with Gasteiger partial charge in [0, 0.05) is 11.6 Å². The minimum Gasteiger partial charge on any atom is -0.497 e. The highest BCUT2D eigenvalue weighted by molar-refractivity contribution is 6.29. The van der Waals surface area contributed by atoms with Crippen molar-refractivity contribution < 1.29 is 9.47 Å². The number of ether oxygens (including phenoxy) is 2. The van der Waals surface area contributed by atoms with Gasteiger partial charge in [-0.1, -0.05) is 17.7 Å². The van der Waals surface area contributed by atoms with Gasteiger partial charge in [0.05, 0.1) is 19.9 Å². The molecule has 2 aromatic rings. The molecule has 2 rings (SSSR count). The van der Waals surface area contributed by atoms with Gasteiger partial charge in [-0.05, 0) is 24.3 Å². The second-order valence-corrected chi connectivity index (χ2v) is 3.83. The number of aromatic nitrogens is 1. The molecule has 1 aromatic carbocycles. The highest BCUT2D eigenvalue weighted by atomic mass is 35.5. The minimum absolute atomic E-state index is 0.462. The number of halogens is 1. The quantitative estimate of drug-likeness (QED) is 0.781. The van der Waals surface area contributed by atoms with Gasteiger partial charge in [-0.3, -0.25) is 0 Å². The largest absolute Gasteiger partial charge is 0.497 e. The molecule has 0 unspecified atom stereocenters. The standard InChI is InChI=1S/C13H12ClNO2/c1-16-10-6-9(7-11(8-10)17-2)12-4-3-5-13(14)15-12/h3-8H,1-2H3. The van der Waals surface area contributed by atoms with Crippen LogP contribution in [0.3, 0.4) is 0 Å². The number of nitrogens with zero attached hydrogens (tertiary/aromatic N) is 1. The Labute approximate surface area is 105 Å². The third-order valence-electron chi connectivity index (χ3n) is 2.36. The second kappa shape index (κ2) is 5.06. The first-order valence-corrected chi connectivity index (χ1v) is 5.46. The van der Waals surface area contributed by atoms with E-state index in [9.17, 15) is 0 Å². The Bertz CT molecular complexity index is 506. The van der Waals surface area contributed by atoms with Crippen LogP contribution in [0, 0.1) is 0 Å². The van der Waals surface area contributed by atoms with E-state index < -0.39 is 0 Å². The average molecular weight is 250 g/mol. The minimum atomic E-state index is 0.462. The van der Waals surface area contributed by atoms with Crippen molar-refractivity contribution in [3.05, 3.63) is 41.6 Å². The number of rotatable bonds is 3. The molecule has 1 aromatic heterocycles. The van der Waals surface area contributed by atoms with Crippen molar-refractivity contribution >= 4 is 11.6 Å². The van der Waals surface area contributed by atoms with Crippen LogP contribution in [0.5, 0.6) is 11.5 Å². The first-order chi connectivity index (χ1) is 8.22. The van der Waals surface area contributed by atoms with E-state index in [1.807, 2.05) is 30.3 Å². The third-order valence-corrected chi connectivity index (χ3v) is 2.57. The Hall–Kier alpha value is -1.74. The molecule has 0 spiro atoms. The van der Waals surface area contributed by atoms with Crippen LogP contribution in [0.25, 0.3) is 11.3 Å². The fraction of sp³-hybridized carbons (Fsp3) is 0.154. The van der Waals surface area contributed by atoms with Crippen molar-refractivity contribution in [3.8, 4) is 22.8 Å². The Morgan fingerprint density at radius 2 is 1.65 bits per heavy atom. The number of pyridine rings is 1. The summed E-state index contributed by atoms with van der Waals surface area (Å²) in [6.45, 7) is 0. The molecule has 0 aliphatic carbocycles. The predicted molar refractivity (Wildman–Crippen MR) is 67.8 cm³/mol. The van der Waals surface area contributed by atoms with Crippen molar-refractivity contribution in [3.63, 3.8) is 0 Å². The van der Waals surface area contributed by atoms with E-state index in [2.05, 4.69) is 4.98 Å². The van der Waals surface area contributed by atoms with Crippen molar-refractivity contribution in [2.75, 3.05) is 14.2 Å². The van der Waals surface area contributed by atoms with Gasteiger partial charge in [0.1, 0.15) is 16.7 Å². The lowest BCUT2D eigenvalue weighted by Crippen LogP contribution is -1.90. The van der Waals surface area contributed by atoms with Gasteiger partial charge in [-0.2, -0.15) is 0 Å². The van der Waals surface area contributed by atoms with Crippen LogP contribution in [0.1, 0.15) is 0 Å². The molecule has 0 bridgehead atoms. The lowest BCUT2D eigenvalue weighted by molar-refractivity contribution is 0.394. The predicted octanol–water partition coefficient (Wildman–Crippen LogP) is 3.42. The van der Waals surface area contributed by atoms with Crippen LogP contribution >= 0.6 is 11.6 Å². The Morgan fingerprint density at radius 3 is 2.18 bits per heavy atom. The molecule has 0 aliphatic rings. The smallest absolute Gasteiger partial charge is 0.129 e. The molecule has 0 amide bonds. The fourth-order valence-electron chi connectivity index (χ4n) is 1.52. The molecule has 0 N–H and O–H groups in total. The normalized spacial score (nSPS) is 10.1. The van der Waals surface area contributed by atoms with Crippen molar-refractivity contribution in [2.24, 2.45) is 0 Å². The molecule has 0 fully saturated rings. The van der Waals surface area contributed by atoms with Crippen LogP contribution in [0.4, 0.5) is 0 Å². The zero-order chi connectivity index (χ0) is 12.3. The zero-order valence-corrected chi connectivity index (χ0v) is 10.4. The van der Waals surface area contributed by atoms with Crippen molar-refractivity contribution in [2.45, 2.75) is 0 Å². The molecule has 1 heterocycles. The molecule has 17 heavy (non-hydrogen) atoms. The highest BCUT2D eigenvalue weighted by Crippen LogP contribution is 2.29. The lowest BCUT2D eigenvalue weighted by Gasteiger charge is -2.08. The summed E-state index contributed by atoms with van der Waals surface area (Å²) in [6.07, 6.45) is 0. The molecule has 0 aliphatic heterocycles. The van der Waals surface area contributed by atoms with Gasteiger partial charge in [-0.15, -0.1) is 0 Å². The summed E-state index contributed by atoms with van der Waals surface area (Å²) in [5.41, 5.74) is 1.69. The van der Waals surface area contributed by atoms with E-state index >= 15 is 0 Å². The van der Waals surface area contributed by atoms with Crippen molar-refractivity contribution in [1.82, 2.24) is 4.98 Å². The van der Waals surface area contributed by atoms with Gasteiger partial charge >= 0.3 is 0 Å². The van der Waals surface area contributed by atoms with E-state index in [0.717, 1.165) is 22.8 Å². The van der Waals surface area contributed by atoms with E-state index in [1.165, 1.54) is 0 Å². The van der Waals surface area contributed by atoms with Gasteiger partial charge in [-0.25, -0.2) is 4.98 Å². The summed E-state index contributed by atoms with van der Waals surface area (Å²) >= 11 is 5.87. The van der Waals surface area contributed by atoms with E-state index in [0.29, 0.717) is 5.15 Å². The van der Waals surface area contributed by atoms with E-state index in [-0.39, 0.29) is 0 Å². The summed E-state index contributed by atoms with van der Waals surface area (Å²) in [6, 6.07) is 11.1. The SMILES string of the molecule is COc1cc(OC)cc(-c2cccc(Cl)n2)c1. The van der Waals surface area contributed by atoms with Crippen LogP contribution in [-0.4, -0.2) is 19.2 Å². The maximum absolute atomic E-state index is 5.87. The molecule has 0 atom stereocenters. The molecule has 88 valence electrons. The summed E-state index contributed by atoms with van der Waals surface area (Å²) in [5, 5.41) is 0.462. The highest BCUT2D eigenvalue weighted by Gasteiger charge is 2.05. The van der Waals surface area contributed by atoms with Crippen molar-refractivity contribution in [1.29, 1.82) is 0 Å². The Balaban J connectivity index is 2.50. The monoisotopic (exact) mass is 249 g/mol. The number of benzene rings is 1. The molecule has 0 radical (unpaired) electrons. The van der Waals surface area contributed by atoms with Gasteiger partial charge < -0.3 is 9.47 Å². The molecule has 3 nitrogen and oxygen atoms in total. The molecule has 0 saturated carbocycles. The zero-order valence-electron chi connectivity index (χ0n) is 9.61. The lowest BCUT2D eigenvalue weighted by atomic mass is 10.1. The number of hydrogen-bond donors (Lipinski definition) is 0. The molecule has 4 heteroatoms. The summed E-state index contributed by atoms with van der Waals surface area (Å²) < 4.78 is 10.4. The van der Waals surface area contributed by atoms with Crippen LogP contribution in [0.2, 0.25) is 5.15 Å². The van der Waals surface area contributed by atoms with Crippen LogP contribution in [0.15, 0.2) is 36.4 Å². The summed E-state index contributed by atoms with van der Waals surface area (Å²) in [4.78, 5) is 4.25. The maximum atomic E-state index is 5.87.